The largest absolute Gasteiger partial charge is 0.490 e. The quantitative estimate of drug-likeness (QED) is 0.164. The molecule has 41 heavy (non-hydrogen) atoms. The summed E-state index contributed by atoms with van der Waals surface area (Å²) in [4.78, 5) is 28.1. The first-order valence-electron chi connectivity index (χ1n) is 12.9. The number of nitrogens with zero attached hydrogens (tertiary/aromatic N) is 1. The van der Waals surface area contributed by atoms with Crippen molar-refractivity contribution < 1.29 is 27.5 Å². The molecule has 0 unspecified atom stereocenters. The lowest BCUT2D eigenvalue weighted by Crippen LogP contribution is -2.43. The van der Waals surface area contributed by atoms with Gasteiger partial charge in [0.1, 0.15) is 0 Å². The van der Waals surface area contributed by atoms with Gasteiger partial charge < -0.3 is 9.64 Å². The summed E-state index contributed by atoms with van der Waals surface area (Å²) < 4.78 is 46.8. The zero-order chi connectivity index (χ0) is 28.6. The second-order valence-corrected chi connectivity index (χ2v) is 9.52. The third kappa shape index (κ3) is 4.36. The van der Waals surface area contributed by atoms with Gasteiger partial charge in [-0.3, -0.25) is 4.79 Å². The number of anilines is 3. The summed E-state index contributed by atoms with van der Waals surface area (Å²) >= 11 is 0. The fourth-order valence-corrected chi connectivity index (χ4v) is 5.42. The van der Waals surface area contributed by atoms with E-state index in [0.29, 0.717) is 44.9 Å². The third-order valence-electron chi connectivity index (χ3n) is 7.13. The van der Waals surface area contributed by atoms with E-state index in [1.165, 1.54) is 0 Å². The molecule has 0 saturated carbocycles. The number of benzene rings is 5. The van der Waals surface area contributed by atoms with Gasteiger partial charge in [0.2, 0.25) is 0 Å². The van der Waals surface area contributed by atoms with E-state index in [1.54, 1.807) is 127 Å². The monoisotopic (exact) mass is 549 g/mol. The summed E-state index contributed by atoms with van der Waals surface area (Å²) in [5.41, 5.74) is 1.45. The summed E-state index contributed by atoms with van der Waals surface area (Å²) in [6, 6.07) is 38.0. The van der Waals surface area contributed by atoms with Crippen LogP contribution in [0.1, 0.15) is 32.6 Å². The predicted octanol–water partition coefficient (Wildman–Crippen LogP) is 8.10. The fraction of sp³-hybridized carbons (Fsp3) is 0.0588. The first-order chi connectivity index (χ1) is 19.8. The van der Waals surface area contributed by atoms with Gasteiger partial charge in [0.05, 0.1) is 17.1 Å². The molecule has 6 rings (SSSR count). The number of ketones is 1. The molecule has 0 aliphatic carbocycles. The Hall–Kier alpha value is -5.17. The van der Waals surface area contributed by atoms with Crippen molar-refractivity contribution >= 4 is 28.8 Å². The molecular weight excluding hydrogens is 527 g/mol. The minimum atomic E-state index is -5.22. The number of alkyl halides is 3. The summed E-state index contributed by atoms with van der Waals surface area (Å²) in [5.74, 6) is -2.52. The van der Waals surface area contributed by atoms with Crippen molar-refractivity contribution in [1.29, 1.82) is 0 Å². The van der Waals surface area contributed by atoms with Gasteiger partial charge in [-0.2, -0.15) is 13.2 Å². The second-order valence-electron chi connectivity index (χ2n) is 9.52. The van der Waals surface area contributed by atoms with Crippen LogP contribution in [-0.4, -0.2) is 17.9 Å². The number of halogens is 3. The first-order valence-corrected chi connectivity index (χ1v) is 12.9. The van der Waals surface area contributed by atoms with Crippen molar-refractivity contribution in [3.8, 4) is 0 Å². The number of carbonyl (C=O) groups is 2. The van der Waals surface area contributed by atoms with Gasteiger partial charge in [-0.25, -0.2) is 4.79 Å². The van der Waals surface area contributed by atoms with Crippen LogP contribution in [0.4, 0.5) is 30.2 Å². The third-order valence-corrected chi connectivity index (χ3v) is 7.13. The lowest BCUT2D eigenvalue weighted by atomic mass is 9.75. The van der Waals surface area contributed by atoms with Crippen LogP contribution < -0.4 is 4.90 Å². The number of rotatable bonds is 5. The molecule has 7 heteroatoms. The van der Waals surface area contributed by atoms with Gasteiger partial charge in [-0.1, -0.05) is 109 Å². The van der Waals surface area contributed by atoms with Crippen LogP contribution in [0.25, 0.3) is 0 Å². The lowest BCUT2D eigenvalue weighted by Gasteiger charge is -2.45. The minimum absolute atomic E-state index is 0.209. The van der Waals surface area contributed by atoms with Gasteiger partial charge in [-0.05, 0) is 24.3 Å². The number of fused-ring (bicyclic) bond motifs is 2. The maximum absolute atomic E-state index is 13.8. The Morgan fingerprint density at radius 3 is 1.61 bits per heavy atom. The van der Waals surface area contributed by atoms with E-state index in [0.717, 1.165) is 0 Å². The molecular formula is C34H22F3NO3. The number of ether oxygens (including phenoxy) is 1. The van der Waals surface area contributed by atoms with Crippen LogP contribution >= 0.6 is 0 Å². The Morgan fingerprint density at radius 2 is 1.05 bits per heavy atom. The normalized spacial score (nSPS) is 13.6. The zero-order valence-electron chi connectivity index (χ0n) is 21.5. The highest BCUT2D eigenvalue weighted by atomic mass is 19.4. The molecule has 0 radical (unpaired) electrons. The number of hydrogen-bond acceptors (Lipinski definition) is 4. The smallest absolute Gasteiger partial charge is 0.437 e. The second kappa shape index (κ2) is 10.1. The maximum Gasteiger partial charge on any atom is 0.490 e. The summed E-state index contributed by atoms with van der Waals surface area (Å²) in [5, 5.41) is 0. The van der Waals surface area contributed by atoms with Gasteiger partial charge in [-0.15, -0.1) is 0 Å². The Balaban J connectivity index is 1.65. The van der Waals surface area contributed by atoms with Crippen LogP contribution in [0.3, 0.4) is 0 Å². The van der Waals surface area contributed by atoms with Crippen LogP contribution in [0, 0.1) is 0 Å². The summed E-state index contributed by atoms with van der Waals surface area (Å²) in [7, 11) is 0. The molecule has 0 fully saturated rings. The maximum atomic E-state index is 13.8. The van der Waals surface area contributed by atoms with E-state index in [-0.39, 0.29) is 5.78 Å². The molecule has 1 heterocycles. The molecule has 0 aromatic heterocycles. The molecule has 0 amide bonds. The molecule has 202 valence electrons. The van der Waals surface area contributed by atoms with Crippen LogP contribution in [-0.2, 0) is 15.1 Å². The van der Waals surface area contributed by atoms with Crippen LogP contribution in [0.15, 0.2) is 133 Å². The molecule has 0 atom stereocenters. The SMILES string of the molecule is O=C(c1ccccc1)c1ccccc1N1c2ccccc2C(OC(=O)C(F)(F)F)(c2ccccc2)c2ccccc21. The summed E-state index contributed by atoms with van der Waals surface area (Å²) in [6.45, 7) is 0. The van der Waals surface area contributed by atoms with Gasteiger partial charge in [0.25, 0.3) is 0 Å². The van der Waals surface area contributed by atoms with Crippen molar-refractivity contribution in [2.45, 2.75) is 11.8 Å². The average molecular weight is 550 g/mol. The zero-order valence-corrected chi connectivity index (χ0v) is 21.5. The Bertz CT molecular complexity index is 1700. The Labute approximate surface area is 234 Å². The molecule has 0 N–H and O–H groups in total. The molecule has 5 aromatic rings. The van der Waals surface area contributed by atoms with Gasteiger partial charge >= 0.3 is 12.1 Å². The summed E-state index contributed by atoms with van der Waals surface area (Å²) in [6.07, 6.45) is -5.22. The number of carbonyl (C=O) groups excluding carboxylic acids is 2. The van der Waals surface area contributed by atoms with Crippen molar-refractivity contribution in [2.24, 2.45) is 0 Å². The van der Waals surface area contributed by atoms with E-state index in [9.17, 15) is 22.8 Å². The molecule has 0 saturated heterocycles. The molecule has 4 nitrogen and oxygen atoms in total. The molecule has 0 bridgehead atoms. The van der Waals surface area contributed by atoms with E-state index < -0.39 is 17.7 Å². The average Bonchev–Trinajstić information content (AvgIpc) is 3.01. The van der Waals surface area contributed by atoms with Crippen molar-refractivity contribution in [2.75, 3.05) is 4.90 Å². The van der Waals surface area contributed by atoms with E-state index in [1.807, 2.05) is 11.0 Å². The molecule has 5 aromatic carbocycles. The number of esters is 1. The van der Waals surface area contributed by atoms with Gasteiger partial charge in [0, 0.05) is 27.8 Å². The van der Waals surface area contributed by atoms with Crippen LogP contribution in [0.5, 0.6) is 0 Å². The van der Waals surface area contributed by atoms with Crippen molar-refractivity contribution in [3.63, 3.8) is 0 Å². The minimum Gasteiger partial charge on any atom is -0.437 e. The lowest BCUT2D eigenvalue weighted by molar-refractivity contribution is -0.209. The van der Waals surface area contributed by atoms with Gasteiger partial charge in [0.15, 0.2) is 11.4 Å². The first kappa shape index (κ1) is 26.1. The molecule has 0 spiro atoms. The standard InChI is InChI=1S/C34H22F3NO3/c35-34(36,37)32(40)41-33(24-15-5-2-6-16-24)26-18-8-11-21-29(26)38(30-22-12-9-19-27(30)33)28-20-10-7-17-25(28)31(39)23-13-3-1-4-14-23/h1-22H. The number of para-hydroxylation sites is 3. The van der Waals surface area contributed by atoms with Crippen molar-refractivity contribution in [3.05, 3.63) is 161 Å². The van der Waals surface area contributed by atoms with E-state index in [2.05, 4.69) is 0 Å². The fourth-order valence-electron chi connectivity index (χ4n) is 5.42. The highest BCUT2D eigenvalue weighted by Crippen LogP contribution is 2.56. The van der Waals surface area contributed by atoms with Crippen molar-refractivity contribution in [1.82, 2.24) is 0 Å². The highest BCUT2D eigenvalue weighted by molar-refractivity contribution is 6.13. The van der Waals surface area contributed by atoms with E-state index in [4.69, 9.17) is 4.74 Å². The van der Waals surface area contributed by atoms with Crippen LogP contribution in [0.2, 0.25) is 0 Å². The molecule has 1 aliphatic heterocycles. The topological polar surface area (TPSA) is 46.6 Å². The predicted molar refractivity (Wildman–Crippen MR) is 149 cm³/mol. The number of hydrogen-bond donors (Lipinski definition) is 0. The molecule has 1 aliphatic rings. The Kier molecular flexibility index (Phi) is 6.42. The van der Waals surface area contributed by atoms with E-state index >= 15 is 0 Å². The highest BCUT2D eigenvalue weighted by Gasteiger charge is 2.53. The Morgan fingerprint density at radius 1 is 0.585 bits per heavy atom.